The average molecular weight is 354 g/mol. The molecule has 3 unspecified atom stereocenters. The van der Waals surface area contributed by atoms with Crippen molar-refractivity contribution in [1.29, 1.82) is 0 Å². The van der Waals surface area contributed by atoms with Crippen molar-refractivity contribution in [3.8, 4) is 0 Å². The van der Waals surface area contributed by atoms with Gasteiger partial charge in [-0.2, -0.15) is 0 Å². The van der Waals surface area contributed by atoms with E-state index in [1.165, 1.54) is 0 Å². The Kier molecular flexibility index (Phi) is 7.37. The summed E-state index contributed by atoms with van der Waals surface area (Å²) in [6.07, 6.45) is 6.19. The molecule has 1 aliphatic heterocycles. The number of carbonyl (C=O) groups is 1. The minimum absolute atomic E-state index is 0. The number of hydrogen-bond acceptors (Lipinski definition) is 4. The molecule has 21 heavy (non-hydrogen) atoms. The van der Waals surface area contributed by atoms with Gasteiger partial charge in [-0.15, -0.1) is 18.2 Å². The van der Waals surface area contributed by atoms with Crippen LogP contribution in [0.4, 0.5) is 0 Å². The highest BCUT2D eigenvalue weighted by atomic mass is 31.1. The second-order valence-corrected chi connectivity index (χ2v) is 8.42. The minimum atomic E-state index is -0.0471. The Hall–Kier alpha value is 0.745. The van der Waals surface area contributed by atoms with Gasteiger partial charge in [0.2, 0.25) is 0 Å². The fraction of sp³-hybridized carbons (Fsp3) is 0.923. The molecule has 0 aromatic carbocycles. The van der Waals surface area contributed by atoms with Crippen LogP contribution in [-0.4, -0.2) is 30.6 Å². The molecule has 8 atom stereocenters. The van der Waals surface area contributed by atoms with Gasteiger partial charge in [0.15, 0.2) is 0 Å². The molecule has 0 bridgehead atoms. The number of hydrogen-bond donors (Lipinski definition) is 0. The highest BCUT2D eigenvalue weighted by Gasteiger charge is 2.50. The topological polar surface area (TPSA) is 44.8 Å². The molecule has 0 N–H and O–H groups in total. The Labute approximate surface area is 136 Å². The highest BCUT2D eigenvalue weighted by Crippen LogP contribution is 2.45. The van der Waals surface area contributed by atoms with E-state index in [4.69, 9.17) is 13.9 Å². The van der Waals surface area contributed by atoms with Crippen LogP contribution in [0.25, 0.3) is 0 Å². The minimum Gasteiger partial charge on any atom is -0.462 e. The first-order valence-corrected chi connectivity index (χ1v) is 9.57. The van der Waals surface area contributed by atoms with Gasteiger partial charge in [0.25, 0.3) is 0 Å². The molecule has 2 aliphatic rings. The predicted octanol–water partition coefficient (Wildman–Crippen LogP) is 3.06. The summed E-state index contributed by atoms with van der Waals surface area (Å²) in [4.78, 5) is 11.5. The average Bonchev–Trinajstić information content (AvgIpc) is 2.90. The molecule has 0 amide bonds. The first kappa shape index (κ1) is 18.1. The third-order valence-corrected chi connectivity index (χ3v) is 5.31. The smallest absolute Gasteiger partial charge is 0.336 e. The van der Waals surface area contributed by atoms with E-state index in [9.17, 15) is 4.79 Å². The molecule has 0 aromatic rings. The first-order valence-electron chi connectivity index (χ1n) is 7.76. The van der Waals surface area contributed by atoms with E-state index in [0.717, 1.165) is 32.1 Å². The summed E-state index contributed by atoms with van der Waals surface area (Å²) < 4.78 is 16.9. The quantitative estimate of drug-likeness (QED) is 0.382. The molecule has 1 saturated heterocycles. The van der Waals surface area contributed by atoms with Crippen LogP contribution in [0.2, 0.25) is 0 Å². The van der Waals surface area contributed by atoms with E-state index < -0.39 is 0 Å². The molecule has 1 saturated carbocycles. The third kappa shape index (κ3) is 4.86. The van der Waals surface area contributed by atoms with Crippen LogP contribution < -0.4 is 0 Å². The van der Waals surface area contributed by atoms with Crippen LogP contribution in [0.1, 0.15) is 46.9 Å². The maximum absolute atomic E-state index is 11.5. The second kappa shape index (κ2) is 8.56. The van der Waals surface area contributed by atoms with Crippen molar-refractivity contribution < 1.29 is 20.1 Å². The van der Waals surface area contributed by atoms with E-state index in [1.54, 1.807) is 0 Å². The van der Waals surface area contributed by atoms with E-state index in [0.29, 0.717) is 18.3 Å². The van der Waals surface area contributed by atoms with Gasteiger partial charge in [0, 0.05) is 29.3 Å². The number of rotatable bonds is 8. The number of ether oxygens (including phenoxy) is 1. The lowest BCUT2D eigenvalue weighted by atomic mass is 9.86. The van der Waals surface area contributed by atoms with E-state index in [2.05, 4.69) is 34.6 Å². The third-order valence-electron chi connectivity index (χ3n) is 4.61. The second-order valence-electron chi connectivity index (χ2n) is 6.06. The summed E-state index contributed by atoms with van der Waals surface area (Å²) >= 11 is 0. The molecule has 2 fully saturated rings. The number of fused-ring (bicyclic) bond motifs is 1. The molecule has 0 spiro atoms. The summed E-state index contributed by atoms with van der Waals surface area (Å²) in [5.74, 6) is 0.668. The van der Waals surface area contributed by atoms with Gasteiger partial charge in [-0.05, 0) is 25.2 Å². The Morgan fingerprint density at radius 1 is 1.48 bits per heavy atom. The number of esters is 1. The van der Waals surface area contributed by atoms with Crippen LogP contribution in [0.3, 0.4) is 0 Å². The Balaban J connectivity index is 0.00000242. The molecule has 8 heteroatoms. The summed E-state index contributed by atoms with van der Waals surface area (Å²) in [6, 6.07) is 0. The fourth-order valence-corrected chi connectivity index (χ4v) is 4.37. The van der Waals surface area contributed by atoms with E-state index in [1.807, 2.05) is 0 Å². The fourth-order valence-electron chi connectivity index (χ4n) is 3.70. The molecule has 0 radical (unpaired) electrons. The first-order chi connectivity index (χ1) is 10.0. The van der Waals surface area contributed by atoms with Crippen molar-refractivity contribution in [3.63, 3.8) is 0 Å². The molecule has 4 nitrogen and oxygen atoms in total. The zero-order chi connectivity index (χ0) is 15.4. The molecule has 1 aliphatic carbocycles. The molecular formula is C13H28BO4P3. The van der Waals surface area contributed by atoms with Crippen molar-refractivity contribution in [1.82, 2.24) is 0 Å². The monoisotopic (exact) mass is 354 g/mol. The lowest BCUT2D eigenvalue weighted by Crippen LogP contribution is -2.27. The number of carbonyl (C=O) groups excluding carboxylic acids is 1. The van der Waals surface area contributed by atoms with Crippen molar-refractivity contribution in [2.24, 2.45) is 11.8 Å². The van der Waals surface area contributed by atoms with Gasteiger partial charge in [-0.25, -0.2) is 0 Å². The van der Waals surface area contributed by atoms with Gasteiger partial charge < -0.3 is 13.9 Å². The summed E-state index contributed by atoms with van der Waals surface area (Å²) in [5, 5.41) is 0. The van der Waals surface area contributed by atoms with E-state index >= 15 is 0 Å². The Morgan fingerprint density at radius 2 is 2.24 bits per heavy atom. The van der Waals surface area contributed by atoms with Crippen LogP contribution in [0.5, 0.6) is 0 Å². The molecule has 2 rings (SSSR count). The van der Waals surface area contributed by atoms with Crippen LogP contribution in [0, 0.1) is 11.8 Å². The van der Waals surface area contributed by atoms with Gasteiger partial charge in [-0.3, -0.25) is 4.79 Å². The lowest BCUT2D eigenvalue weighted by Gasteiger charge is -2.26. The highest BCUT2D eigenvalue weighted by molar-refractivity contribution is 7.92. The SMILES string of the molecule is CCC[C@H](CC[C@@H]1[C@H]2CC(=O)O[C@H]2C[C@H]1OB(P)P)OP.[3HH]. The summed E-state index contributed by atoms with van der Waals surface area (Å²) in [6.45, 7) is 2.17. The van der Waals surface area contributed by atoms with Crippen LogP contribution in [-0.2, 0) is 18.7 Å². The Bertz CT molecular complexity index is 364. The predicted molar refractivity (Wildman–Crippen MR) is 97.0 cm³/mol. The summed E-state index contributed by atoms with van der Waals surface area (Å²) in [5.41, 5.74) is 0. The normalized spacial score (nSPS) is 32.9. The van der Waals surface area contributed by atoms with Crippen molar-refractivity contribution >= 4 is 40.0 Å². The summed E-state index contributed by atoms with van der Waals surface area (Å²) in [7, 11) is 7.69. The van der Waals surface area contributed by atoms with Crippen LogP contribution in [0.15, 0.2) is 0 Å². The lowest BCUT2D eigenvalue weighted by molar-refractivity contribution is -0.141. The standard InChI is InChI=1S/C13H26BO4P3.H2/c1-2-3-8(18-21)4-5-9-10-6-13(15)16-11(10)7-12(9)17-14(19)20;/h8-12H,2-7,19-21H2,1H3;1H/t8-,9-,10-,11+,12-;/m1./s1/i;1+2. The maximum Gasteiger partial charge on any atom is 0.336 e. The molecule has 1 heterocycles. The molecular weight excluding hydrogens is 324 g/mol. The van der Waals surface area contributed by atoms with Gasteiger partial charge >= 0.3 is 12.3 Å². The molecule has 122 valence electrons. The van der Waals surface area contributed by atoms with Crippen LogP contribution >= 0.6 is 27.7 Å². The molecule has 0 aromatic heterocycles. The van der Waals surface area contributed by atoms with E-state index in [-0.39, 0.29) is 32.1 Å². The van der Waals surface area contributed by atoms with Gasteiger partial charge in [0.05, 0.1) is 12.5 Å². The maximum atomic E-state index is 11.5. The van der Waals surface area contributed by atoms with Crippen molar-refractivity contribution in [2.75, 3.05) is 0 Å². The zero-order valence-corrected chi connectivity index (χ0v) is 16.0. The largest absolute Gasteiger partial charge is 0.462 e. The van der Waals surface area contributed by atoms with Gasteiger partial charge in [0.1, 0.15) is 6.10 Å². The van der Waals surface area contributed by atoms with Crippen molar-refractivity contribution in [3.05, 3.63) is 0 Å². The van der Waals surface area contributed by atoms with Crippen molar-refractivity contribution in [2.45, 2.75) is 63.8 Å². The zero-order valence-electron chi connectivity index (χ0n) is 12.6. The Morgan fingerprint density at radius 3 is 2.86 bits per heavy atom. The van der Waals surface area contributed by atoms with Gasteiger partial charge in [-0.1, -0.05) is 13.3 Å².